The van der Waals surface area contributed by atoms with Gasteiger partial charge in [0.05, 0.1) is 12.8 Å². The normalized spacial score (nSPS) is 16.0. The molecule has 2 aromatic rings. The van der Waals surface area contributed by atoms with Crippen LogP contribution in [0.3, 0.4) is 0 Å². The summed E-state index contributed by atoms with van der Waals surface area (Å²) in [5.41, 5.74) is 1.45. The number of rotatable bonds is 4. The lowest BCUT2D eigenvalue weighted by molar-refractivity contribution is -0.140. The molecule has 3 amide bonds. The molecule has 124 valence electrons. The molecule has 1 aromatic heterocycles. The maximum absolute atomic E-state index is 12.5. The zero-order valence-corrected chi connectivity index (χ0v) is 13.1. The van der Waals surface area contributed by atoms with E-state index in [4.69, 9.17) is 4.42 Å². The van der Waals surface area contributed by atoms with Crippen LogP contribution in [0.2, 0.25) is 0 Å². The van der Waals surface area contributed by atoms with Crippen LogP contribution in [0.1, 0.15) is 24.3 Å². The Morgan fingerprint density at radius 2 is 1.96 bits per heavy atom. The number of hydrogen-bond acceptors (Lipinski definition) is 4. The van der Waals surface area contributed by atoms with E-state index >= 15 is 0 Å². The topological polar surface area (TPSA) is 91.7 Å². The minimum atomic E-state index is -0.854. The molecule has 7 heteroatoms. The third-order valence-electron chi connectivity index (χ3n) is 3.85. The van der Waals surface area contributed by atoms with Crippen LogP contribution in [0.5, 0.6) is 0 Å². The van der Waals surface area contributed by atoms with Crippen LogP contribution in [0.4, 0.5) is 5.69 Å². The van der Waals surface area contributed by atoms with Crippen molar-refractivity contribution in [1.82, 2.24) is 10.6 Å². The monoisotopic (exact) mass is 327 g/mol. The van der Waals surface area contributed by atoms with Crippen molar-refractivity contribution >= 4 is 23.4 Å². The van der Waals surface area contributed by atoms with Gasteiger partial charge in [-0.2, -0.15) is 0 Å². The standard InChI is InChI=1S/C17H17N3O4/c1-2-20-13-8-4-3-7-12(13)14(17(20)23)19-16(22)15(21)18-10-11-6-5-9-24-11/h3-9,14H,2,10H2,1H3,(H,18,21)(H,19,22)/t14-/m1/s1. The average molecular weight is 327 g/mol. The van der Waals surface area contributed by atoms with Crippen molar-refractivity contribution in [3.63, 3.8) is 0 Å². The number of nitrogens with zero attached hydrogens (tertiary/aromatic N) is 1. The van der Waals surface area contributed by atoms with E-state index in [0.717, 1.165) is 5.69 Å². The van der Waals surface area contributed by atoms with E-state index in [1.165, 1.54) is 6.26 Å². The molecule has 0 bridgehead atoms. The number of likely N-dealkylation sites (N-methyl/N-ethyl adjacent to an activating group) is 1. The van der Waals surface area contributed by atoms with E-state index in [-0.39, 0.29) is 12.5 Å². The summed E-state index contributed by atoms with van der Waals surface area (Å²) in [5, 5.41) is 4.96. The smallest absolute Gasteiger partial charge is 0.310 e. The Bertz CT molecular complexity index is 770. The molecule has 24 heavy (non-hydrogen) atoms. The fourth-order valence-corrected chi connectivity index (χ4v) is 2.71. The lowest BCUT2D eigenvalue weighted by Crippen LogP contribution is -2.44. The predicted octanol–water partition coefficient (Wildman–Crippen LogP) is 1.12. The lowest BCUT2D eigenvalue weighted by Gasteiger charge is -2.15. The molecule has 0 unspecified atom stereocenters. The summed E-state index contributed by atoms with van der Waals surface area (Å²) in [6.07, 6.45) is 1.48. The molecule has 1 aromatic carbocycles. The number of benzene rings is 1. The van der Waals surface area contributed by atoms with Crippen LogP contribution in [-0.2, 0) is 20.9 Å². The molecule has 0 saturated heterocycles. The molecule has 1 aliphatic rings. The van der Waals surface area contributed by atoms with E-state index in [2.05, 4.69) is 10.6 Å². The maximum Gasteiger partial charge on any atom is 0.310 e. The van der Waals surface area contributed by atoms with Gasteiger partial charge in [-0.25, -0.2) is 0 Å². The first-order chi connectivity index (χ1) is 11.6. The van der Waals surface area contributed by atoms with Crippen LogP contribution in [0.25, 0.3) is 0 Å². The highest BCUT2D eigenvalue weighted by atomic mass is 16.3. The number of carbonyl (C=O) groups is 3. The maximum atomic E-state index is 12.5. The number of furan rings is 1. The summed E-state index contributed by atoms with van der Waals surface area (Å²) >= 11 is 0. The Morgan fingerprint density at radius 1 is 1.17 bits per heavy atom. The fraction of sp³-hybridized carbons (Fsp3) is 0.235. The van der Waals surface area contributed by atoms with Gasteiger partial charge in [-0.3, -0.25) is 14.4 Å². The van der Waals surface area contributed by atoms with Gasteiger partial charge in [0.25, 0.3) is 5.91 Å². The first-order valence-electron chi connectivity index (χ1n) is 7.63. The molecule has 1 atom stereocenters. The third-order valence-corrected chi connectivity index (χ3v) is 3.85. The van der Waals surface area contributed by atoms with Gasteiger partial charge in [-0.15, -0.1) is 0 Å². The molecule has 2 N–H and O–H groups in total. The quantitative estimate of drug-likeness (QED) is 0.823. The van der Waals surface area contributed by atoms with E-state index in [1.807, 2.05) is 19.1 Å². The van der Waals surface area contributed by atoms with Crippen molar-refractivity contribution in [2.45, 2.75) is 19.5 Å². The van der Waals surface area contributed by atoms with Crippen LogP contribution in [-0.4, -0.2) is 24.3 Å². The van der Waals surface area contributed by atoms with Gasteiger partial charge in [-0.05, 0) is 25.1 Å². The number of fused-ring (bicyclic) bond motifs is 1. The molecule has 0 fully saturated rings. The van der Waals surface area contributed by atoms with Crippen LogP contribution in [0.15, 0.2) is 47.1 Å². The number of nitrogens with one attached hydrogen (secondary N) is 2. The van der Waals surface area contributed by atoms with E-state index < -0.39 is 17.9 Å². The molecule has 1 aliphatic heterocycles. The van der Waals surface area contributed by atoms with Gasteiger partial charge in [0.1, 0.15) is 11.8 Å². The second kappa shape index (κ2) is 6.57. The predicted molar refractivity (Wildman–Crippen MR) is 85.9 cm³/mol. The Labute approximate surface area is 138 Å². The van der Waals surface area contributed by atoms with Gasteiger partial charge in [0.15, 0.2) is 0 Å². The van der Waals surface area contributed by atoms with E-state index in [1.54, 1.807) is 29.2 Å². The van der Waals surface area contributed by atoms with Gasteiger partial charge in [0, 0.05) is 17.8 Å². The largest absolute Gasteiger partial charge is 0.467 e. The van der Waals surface area contributed by atoms with E-state index in [0.29, 0.717) is 17.9 Å². The first-order valence-corrected chi connectivity index (χ1v) is 7.63. The second-order valence-electron chi connectivity index (χ2n) is 5.31. The summed E-state index contributed by atoms with van der Waals surface area (Å²) in [6, 6.07) is 9.75. The molecular weight excluding hydrogens is 310 g/mol. The zero-order chi connectivity index (χ0) is 17.1. The number of hydrogen-bond donors (Lipinski definition) is 2. The Hall–Kier alpha value is -3.09. The van der Waals surface area contributed by atoms with E-state index in [9.17, 15) is 14.4 Å². The summed E-state index contributed by atoms with van der Waals surface area (Å²) in [5.74, 6) is -1.37. The molecule has 0 saturated carbocycles. The molecule has 3 rings (SSSR count). The van der Waals surface area contributed by atoms with Crippen LogP contribution < -0.4 is 15.5 Å². The van der Waals surface area contributed by atoms with Crippen molar-refractivity contribution in [1.29, 1.82) is 0 Å². The molecular formula is C17H17N3O4. The highest BCUT2D eigenvalue weighted by molar-refractivity contribution is 6.35. The summed E-state index contributed by atoms with van der Waals surface area (Å²) in [7, 11) is 0. The minimum absolute atomic E-state index is 0.107. The van der Waals surface area contributed by atoms with Crippen molar-refractivity contribution in [3.8, 4) is 0 Å². The highest BCUT2D eigenvalue weighted by Crippen LogP contribution is 2.35. The van der Waals surface area contributed by atoms with Gasteiger partial charge in [0.2, 0.25) is 0 Å². The Morgan fingerprint density at radius 3 is 2.67 bits per heavy atom. The fourth-order valence-electron chi connectivity index (χ4n) is 2.71. The number of carbonyl (C=O) groups excluding carboxylic acids is 3. The van der Waals surface area contributed by atoms with Crippen molar-refractivity contribution in [2.75, 3.05) is 11.4 Å². The minimum Gasteiger partial charge on any atom is -0.467 e. The lowest BCUT2D eigenvalue weighted by atomic mass is 10.1. The molecule has 7 nitrogen and oxygen atoms in total. The summed E-state index contributed by atoms with van der Waals surface area (Å²) < 4.78 is 5.08. The first kappa shape index (κ1) is 15.8. The Kier molecular flexibility index (Phi) is 4.33. The summed E-state index contributed by atoms with van der Waals surface area (Å²) in [4.78, 5) is 38.0. The van der Waals surface area contributed by atoms with Gasteiger partial charge >= 0.3 is 11.8 Å². The van der Waals surface area contributed by atoms with Crippen molar-refractivity contribution < 1.29 is 18.8 Å². The number of anilines is 1. The molecule has 2 heterocycles. The summed E-state index contributed by atoms with van der Waals surface area (Å²) in [6.45, 7) is 2.46. The van der Waals surface area contributed by atoms with Crippen molar-refractivity contribution in [3.05, 3.63) is 54.0 Å². The second-order valence-corrected chi connectivity index (χ2v) is 5.31. The highest BCUT2D eigenvalue weighted by Gasteiger charge is 2.37. The van der Waals surface area contributed by atoms with Gasteiger partial charge < -0.3 is 20.0 Å². The van der Waals surface area contributed by atoms with Crippen molar-refractivity contribution in [2.24, 2.45) is 0 Å². The van der Waals surface area contributed by atoms with Crippen LogP contribution >= 0.6 is 0 Å². The molecule has 0 spiro atoms. The molecule has 0 aliphatic carbocycles. The third kappa shape index (κ3) is 2.88. The van der Waals surface area contributed by atoms with Gasteiger partial charge in [-0.1, -0.05) is 18.2 Å². The number of para-hydroxylation sites is 1. The molecule has 0 radical (unpaired) electrons. The average Bonchev–Trinajstić information content (AvgIpc) is 3.20. The van der Waals surface area contributed by atoms with Crippen LogP contribution in [0, 0.1) is 0 Å². The Balaban J connectivity index is 1.67. The zero-order valence-electron chi connectivity index (χ0n) is 13.1. The number of amides is 3. The SMILES string of the molecule is CCN1C(=O)[C@H](NC(=O)C(=O)NCc2ccco2)c2ccccc21.